The Hall–Kier alpha value is -0.156. The van der Waals surface area contributed by atoms with Gasteiger partial charge in [-0.15, -0.1) is 0 Å². The first-order chi connectivity index (χ1) is 4.91. The van der Waals surface area contributed by atoms with Crippen LogP contribution in [0.25, 0.3) is 0 Å². The Morgan fingerprint density at radius 1 is 1.58 bits per heavy atom. The van der Waals surface area contributed by atoms with Crippen molar-refractivity contribution in [3.05, 3.63) is 12.2 Å². The fraction of sp³-hybridized carbons (Fsp3) is 0.571. The van der Waals surface area contributed by atoms with Crippen LogP contribution in [0.3, 0.4) is 0 Å². The fourth-order valence-corrected chi connectivity index (χ4v) is 0. The molecular weight excluding hydrogens is 196 g/mol. The molecule has 1 unspecified atom stereocenters. The first kappa shape index (κ1) is 17.8. The normalized spacial score (nSPS) is 10.0. The van der Waals surface area contributed by atoms with E-state index in [-0.39, 0.29) is 27.3 Å². The molecular formula is C7H14O4Ti. The van der Waals surface area contributed by atoms with E-state index in [0.717, 1.165) is 0 Å². The van der Waals surface area contributed by atoms with Crippen LogP contribution >= 0.6 is 0 Å². The predicted octanol–water partition coefficient (Wildman–Crippen LogP) is 0.616. The van der Waals surface area contributed by atoms with E-state index < -0.39 is 12.3 Å². The molecule has 0 heterocycles. The number of aliphatic hydroxyl groups excluding tert-OH is 1. The number of methoxy groups -OCH3 is 1. The number of carboxylic acid groups (broad SMARTS) is 1. The van der Waals surface area contributed by atoms with Gasteiger partial charge in [-0.2, -0.15) is 0 Å². The molecule has 4 nitrogen and oxygen atoms in total. The smallest absolute Gasteiger partial charge is 0.330 e. The number of carbonyl (C=O) groups is 1. The molecule has 0 aliphatic rings. The van der Waals surface area contributed by atoms with Gasteiger partial charge in [0.25, 0.3) is 0 Å². The minimum atomic E-state index is -0.935. The Labute approximate surface area is 87.1 Å². The Kier molecular flexibility index (Phi) is 16.1. The number of aliphatic hydroxyl groups is 1. The average Bonchev–Trinajstić information content (AvgIpc) is 1.89. The number of rotatable bonds is 2. The van der Waals surface area contributed by atoms with Gasteiger partial charge in [0.2, 0.25) is 0 Å². The van der Waals surface area contributed by atoms with Gasteiger partial charge in [-0.05, 0) is 13.8 Å². The van der Waals surface area contributed by atoms with Crippen molar-refractivity contribution in [1.29, 1.82) is 0 Å². The Balaban J connectivity index is -0.000000126. The molecule has 12 heavy (non-hydrogen) atoms. The quantitative estimate of drug-likeness (QED) is 0.398. The third-order valence-corrected chi connectivity index (χ3v) is 0.706. The molecule has 0 fully saturated rings. The molecule has 0 rings (SSSR count). The van der Waals surface area contributed by atoms with Gasteiger partial charge in [0.05, 0.1) is 0 Å². The molecule has 0 amide bonds. The predicted molar refractivity (Wildman–Crippen MR) is 41.1 cm³/mol. The summed E-state index contributed by atoms with van der Waals surface area (Å²) in [5, 5.41) is 16.0. The van der Waals surface area contributed by atoms with Crippen molar-refractivity contribution in [2.75, 3.05) is 7.11 Å². The van der Waals surface area contributed by atoms with Crippen LogP contribution in [-0.4, -0.2) is 29.6 Å². The Morgan fingerprint density at radius 2 is 1.75 bits per heavy atom. The van der Waals surface area contributed by atoms with E-state index in [2.05, 4.69) is 11.3 Å². The number of hydrogen-bond donors (Lipinski definition) is 2. The maximum absolute atomic E-state index is 9.60. The second-order valence-electron chi connectivity index (χ2n) is 1.92. The van der Waals surface area contributed by atoms with E-state index in [9.17, 15) is 4.79 Å². The molecule has 0 radical (unpaired) electrons. The van der Waals surface area contributed by atoms with E-state index >= 15 is 0 Å². The summed E-state index contributed by atoms with van der Waals surface area (Å²) in [6.07, 6.45) is -0.616. The van der Waals surface area contributed by atoms with Gasteiger partial charge in [-0.3, -0.25) is 0 Å². The zero-order chi connectivity index (χ0) is 9.44. The molecule has 2 N–H and O–H groups in total. The molecule has 5 heteroatoms. The molecule has 0 aliphatic heterocycles. The van der Waals surface area contributed by atoms with E-state index in [1.54, 1.807) is 6.92 Å². The monoisotopic (exact) mass is 210 g/mol. The zero-order valence-electron chi connectivity index (χ0n) is 7.50. The largest absolute Gasteiger partial charge is 0.478 e. The molecule has 0 saturated carbocycles. The minimum absolute atomic E-state index is 0. The van der Waals surface area contributed by atoms with Crippen LogP contribution in [0, 0.1) is 0 Å². The first-order valence-electron chi connectivity index (χ1n) is 3.01. The average molecular weight is 210 g/mol. The zero-order valence-corrected chi connectivity index (χ0v) is 9.06. The summed E-state index contributed by atoms with van der Waals surface area (Å²) in [6.45, 7) is 6.16. The molecule has 70 valence electrons. The first-order valence-corrected chi connectivity index (χ1v) is 3.01. The van der Waals surface area contributed by atoms with E-state index in [0.29, 0.717) is 0 Å². The molecule has 0 aromatic rings. The van der Waals surface area contributed by atoms with Gasteiger partial charge >= 0.3 is 5.97 Å². The van der Waals surface area contributed by atoms with Crippen molar-refractivity contribution in [2.45, 2.75) is 20.1 Å². The van der Waals surface area contributed by atoms with Crippen molar-refractivity contribution >= 4 is 5.97 Å². The maximum atomic E-state index is 9.60. The second kappa shape index (κ2) is 10.8. The Bertz CT molecular complexity index is 121. The standard InChI is InChI=1S/C4H6O2.C3H8O2.Ti/c1-3(2)4(5)6;1-3(4)5-2;/h1H2,2H3,(H,5,6);3-4H,1-2H3;. The summed E-state index contributed by atoms with van der Waals surface area (Å²) in [5.41, 5.74) is 0.176. The van der Waals surface area contributed by atoms with Gasteiger partial charge in [0, 0.05) is 34.4 Å². The van der Waals surface area contributed by atoms with Crippen LogP contribution in [-0.2, 0) is 31.2 Å². The SMILES string of the molecule is C=C(C)C(=O)O.COC(C)O.[Ti]. The van der Waals surface area contributed by atoms with Crippen LogP contribution < -0.4 is 0 Å². The van der Waals surface area contributed by atoms with Gasteiger partial charge in [0.1, 0.15) is 0 Å². The molecule has 0 aromatic carbocycles. The molecule has 1 atom stereocenters. The summed E-state index contributed by atoms with van der Waals surface area (Å²) in [5.74, 6) is -0.935. The third kappa shape index (κ3) is 22.5. The second-order valence-corrected chi connectivity index (χ2v) is 1.92. The van der Waals surface area contributed by atoms with E-state index in [4.69, 9.17) is 10.2 Å². The van der Waals surface area contributed by atoms with Crippen LogP contribution in [0.4, 0.5) is 0 Å². The fourth-order valence-electron chi connectivity index (χ4n) is 0. The summed E-state index contributed by atoms with van der Waals surface area (Å²) < 4.78 is 4.31. The van der Waals surface area contributed by atoms with E-state index in [1.807, 2.05) is 0 Å². The van der Waals surface area contributed by atoms with Gasteiger partial charge in [0.15, 0.2) is 6.29 Å². The van der Waals surface area contributed by atoms with Crippen LogP contribution in [0.15, 0.2) is 12.2 Å². The number of aliphatic carboxylic acids is 1. The molecule has 0 aromatic heterocycles. The molecule has 0 bridgehead atoms. The number of ether oxygens (including phenoxy) is 1. The Morgan fingerprint density at radius 3 is 1.75 bits per heavy atom. The topological polar surface area (TPSA) is 66.8 Å². The van der Waals surface area contributed by atoms with Gasteiger partial charge in [-0.25, -0.2) is 4.79 Å². The van der Waals surface area contributed by atoms with Crippen LogP contribution in [0.1, 0.15) is 13.8 Å². The number of hydrogen-bond acceptors (Lipinski definition) is 3. The summed E-state index contributed by atoms with van der Waals surface area (Å²) in [7, 11) is 1.45. The van der Waals surface area contributed by atoms with E-state index in [1.165, 1.54) is 14.0 Å². The maximum Gasteiger partial charge on any atom is 0.330 e. The molecule has 0 aliphatic carbocycles. The molecule has 0 saturated heterocycles. The van der Waals surface area contributed by atoms with Gasteiger partial charge in [-0.1, -0.05) is 6.58 Å². The van der Waals surface area contributed by atoms with Crippen molar-refractivity contribution in [3.63, 3.8) is 0 Å². The number of carboxylic acids is 1. The van der Waals surface area contributed by atoms with Crippen molar-refractivity contribution in [3.8, 4) is 0 Å². The molecule has 0 spiro atoms. The van der Waals surface area contributed by atoms with Crippen molar-refractivity contribution in [1.82, 2.24) is 0 Å². The van der Waals surface area contributed by atoms with Gasteiger partial charge < -0.3 is 14.9 Å². The summed E-state index contributed by atoms with van der Waals surface area (Å²) in [6, 6.07) is 0. The van der Waals surface area contributed by atoms with Crippen LogP contribution in [0.5, 0.6) is 0 Å². The minimum Gasteiger partial charge on any atom is -0.478 e. The van der Waals surface area contributed by atoms with Crippen molar-refractivity contribution in [2.24, 2.45) is 0 Å². The van der Waals surface area contributed by atoms with Crippen molar-refractivity contribution < 1.29 is 41.5 Å². The third-order valence-electron chi connectivity index (χ3n) is 0.706. The van der Waals surface area contributed by atoms with Crippen LogP contribution in [0.2, 0.25) is 0 Å². The summed E-state index contributed by atoms with van der Waals surface area (Å²) >= 11 is 0. The summed E-state index contributed by atoms with van der Waals surface area (Å²) in [4.78, 5) is 9.60.